The first kappa shape index (κ1) is 14.5. The Morgan fingerprint density at radius 2 is 2.16 bits per heavy atom. The number of aryl methyl sites for hydroxylation is 1. The molecule has 0 bridgehead atoms. The van der Waals surface area contributed by atoms with E-state index in [9.17, 15) is 4.79 Å². The molecule has 2 N–H and O–H groups in total. The summed E-state index contributed by atoms with van der Waals surface area (Å²) in [7, 11) is 0. The molecule has 1 amide bonds. The van der Waals surface area contributed by atoms with Crippen LogP contribution >= 0.6 is 11.3 Å². The van der Waals surface area contributed by atoms with Gasteiger partial charge in [-0.1, -0.05) is 6.92 Å². The molecule has 1 aromatic heterocycles. The zero-order chi connectivity index (χ0) is 13.5. The van der Waals surface area contributed by atoms with Crippen LogP contribution < -0.4 is 10.6 Å². The summed E-state index contributed by atoms with van der Waals surface area (Å²) in [5.74, 6) is -0.0232. The third kappa shape index (κ3) is 4.93. The summed E-state index contributed by atoms with van der Waals surface area (Å²) in [6.07, 6.45) is 3.29. The van der Waals surface area contributed by atoms with E-state index in [1.165, 1.54) is 9.75 Å². The monoisotopic (exact) mass is 282 g/mol. The molecule has 0 aliphatic carbocycles. The Balaban J connectivity index is 1.63. The van der Waals surface area contributed by atoms with E-state index < -0.39 is 0 Å². The normalized spacial score (nSPS) is 16.5. The Morgan fingerprint density at radius 3 is 2.84 bits per heavy atom. The van der Waals surface area contributed by atoms with Gasteiger partial charge in [-0.25, -0.2) is 0 Å². The molecule has 1 aliphatic rings. The summed E-state index contributed by atoms with van der Waals surface area (Å²) in [5, 5.41) is 6.18. The van der Waals surface area contributed by atoms with Crippen molar-refractivity contribution in [2.75, 3.05) is 19.7 Å². The minimum Gasteiger partial charge on any atom is -0.368 e. The van der Waals surface area contributed by atoms with Gasteiger partial charge in [-0.2, -0.15) is 0 Å². The van der Waals surface area contributed by atoms with Crippen LogP contribution in [-0.2, 0) is 22.5 Å². The highest BCUT2D eigenvalue weighted by Crippen LogP contribution is 2.16. The Morgan fingerprint density at radius 1 is 1.42 bits per heavy atom. The molecule has 0 unspecified atom stereocenters. The van der Waals surface area contributed by atoms with Gasteiger partial charge in [0.1, 0.15) is 6.61 Å². The molecule has 1 aliphatic heterocycles. The smallest absolute Gasteiger partial charge is 0.246 e. The van der Waals surface area contributed by atoms with Crippen molar-refractivity contribution >= 4 is 17.2 Å². The van der Waals surface area contributed by atoms with Crippen molar-refractivity contribution in [1.82, 2.24) is 10.6 Å². The Labute approximate surface area is 118 Å². The standard InChI is InChI=1S/C14H22N2O2S/c1-2-12-3-4-13(19-12)9-16-14(17)10-18-11-5-7-15-8-6-11/h3-4,11,15H,2,5-10H2,1H3,(H,16,17). The van der Waals surface area contributed by atoms with Gasteiger partial charge in [0.25, 0.3) is 0 Å². The predicted octanol–water partition coefficient (Wildman–Crippen LogP) is 1.70. The van der Waals surface area contributed by atoms with Crippen LogP contribution in [0, 0.1) is 0 Å². The molecule has 106 valence electrons. The molecule has 19 heavy (non-hydrogen) atoms. The molecule has 4 nitrogen and oxygen atoms in total. The lowest BCUT2D eigenvalue weighted by molar-refractivity contribution is -0.128. The van der Waals surface area contributed by atoms with E-state index in [1.54, 1.807) is 11.3 Å². The van der Waals surface area contributed by atoms with Gasteiger partial charge in [0, 0.05) is 9.75 Å². The van der Waals surface area contributed by atoms with Crippen LogP contribution in [0.3, 0.4) is 0 Å². The number of nitrogens with one attached hydrogen (secondary N) is 2. The molecule has 0 radical (unpaired) electrons. The number of carbonyl (C=O) groups excluding carboxylic acids is 1. The third-order valence-corrected chi connectivity index (χ3v) is 4.49. The van der Waals surface area contributed by atoms with Crippen LogP contribution in [0.15, 0.2) is 12.1 Å². The molecule has 5 heteroatoms. The Hall–Kier alpha value is -0.910. The minimum atomic E-state index is -0.0232. The number of hydrogen-bond acceptors (Lipinski definition) is 4. The van der Waals surface area contributed by atoms with Crippen molar-refractivity contribution < 1.29 is 9.53 Å². The first-order valence-electron chi connectivity index (χ1n) is 6.94. The SMILES string of the molecule is CCc1ccc(CNC(=O)COC2CCNCC2)s1. The van der Waals surface area contributed by atoms with Crippen LogP contribution in [0.2, 0.25) is 0 Å². The first-order chi connectivity index (χ1) is 9.28. The zero-order valence-corrected chi connectivity index (χ0v) is 12.2. The van der Waals surface area contributed by atoms with Crippen LogP contribution in [0.25, 0.3) is 0 Å². The molecule has 2 rings (SSSR count). The topological polar surface area (TPSA) is 50.4 Å². The largest absolute Gasteiger partial charge is 0.368 e. The van der Waals surface area contributed by atoms with E-state index in [0.717, 1.165) is 32.4 Å². The highest BCUT2D eigenvalue weighted by molar-refractivity contribution is 7.11. The van der Waals surface area contributed by atoms with Gasteiger partial charge in [0.05, 0.1) is 12.6 Å². The Bertz CT molecular complexity index is 400. The fourth-order valence-electron chi connectivity index (χ4n) is 2.10. The lowest BCUT2D eigenvalue weighted by Crippen LogP contribution is -2.35. The lowest BCUT2D eigenvalue weighted by atomic mass is 10.1. The van der Waals surface area contributed by atoms with Gasteiger partial charge in [-0.3, -0.25) is 4.79 Å². The van der Waals surface area contributed by atoms with E-state index in [2.05, 4.69) is 29.7 Å². The highest BCUT2D eigenvalue weighted by Gasteiger charge is 2.14. The highest BCUT2D eigenvalue weighted by atomic mass is 32.1. The number of rotatable bonds is 6. The molecular weight excluding hydrogens is 260 g/mol. The van der Waals surface area contributed by atoms with Gasteiger partial charge in [0.15, 0.2) is 0 Å². The molecule has 2 heterocycles. The fourth-order valence-corrected chi connectivity index (χ4v) is 3.00. The molecule has 0 atom stereocenters. The first-order valence-corrected chi connectivity index (χ1v) is 7.76. The second-order valence-corrected chi connectivity index (χ2v) is 6.01. The van der Waals surface area contributed by atoms with E-state index >= 15 is 0 Å². The van der Waals surface area contributed by atoms with Crippen LogP contribution in [0.5, 0.6) is 0 Å². The molecule has 1 aromatic rings. The fraction of sp³-hybridized carbons (Fsp3) is 0.643. The van der Waals surface area contributed by atoms with Gasteiger partial charge >= 0.3 is 0 Å². The van der Waals surface area contributed by atoms with E-state index in [1.807, 2.05) is 0 Å². The summed E-state index contributed by atoms with van der Waals surface area (Å²) in [5.41, 5.74) is 0. The quantitative estimate of drug-likeness (QED) is 0.835. The maximum Gasteiger partial charge on any atom is 0.246 e. The van der Waals surface area contributed by atoms with Gasteiger partial charge in [-0.05, 0) is 44.5 Å². The van der Waals surface area contributed by atoms with Gasteiger partial charge in [0.2, 0.25) is 5.91 Å². The van der Waals surface area contributed by atoms with Crippen LogP contribution in [-0.4, -0.2) is 31.7 Å². The van der Waals surface area contributed by atoms with Crippen molar-refractivity contribution in [2.24, 2.45) is 0 Å². The molecule has 0 aromatic carbocycles. The Kier molecular flexibility index (Phi) is 5.82. The summed E-state index contributed by atoms with van der Waals surface area (Å²) < 4.78 is 5.61. The minimum absolute atomic E-state index is 0.0232. The van der Waals surface area contributed by atoms with Crippen LogP contribution in [0.4, 0.5) is 0 Å². The van der Waals surface area contributed by atoms with Crippen molar-refractivity contribution in [2.45, 2.75) is 38.8 Å². The number of hydrogen-bond donors (Lipinski definition) is 2. The zero-order valence-electron chi connectivity index (χ0n) is 11.4. The maximum absolute atomic E-state index is 11.7. The van der Waals surface area contributed by atoms with Gasteiger partial charge < -0.3 is 15.4 Å². The number of thiophene rings is 1. The molecular formula is C14H22N2O2S. The predicted molar refractivity (Wildman–Crippen MR) is 77.4 cm³/mol. The van der Waals surface area contributed by atoms with Crippen LogP contribution in [0.1, 0.15) is 29.5 Å². The number of carbonyl (C=O) groups is 1. The molecule has 0 spiro atoms. The average molecular weight is 282 g/mol. The van der Waals surface area contributed by atoms with Crippen molar-refractivity contribution in [3.05, 3.63) is 21.9 Å². The average Bonchev–Trinajstić information content (AvgIpc) is 2.92. The number of ether oxygens (including phenoxy) is 1. The van der Waals surface area contributed by atoms with E-state index in [4.69, 9.17) is 4.74 Å². The van der Waals surface area contributed by atoms with Crippen molar-refractivity contribution in [1.29, 1.82) is 0 Å². The van der Waals surface area contributed by atoms with Crippen molar-refractivity contribution in [3.8, 4) is 0 Å². The summed E-state index contributed by atoms with van der Waals surface area (Å²) in [4.78, 5) is 14.2. The summed E-state index contributed by atoms with van der Waals surface area (Å²) in [6, 6.07) is 4.20. The number of piperidine rings is 1. The van der Waals surface area contributed by atoms with Crippen molar-refractivity contribution in [3.63, 3.8) is 0 Å². The molecule has 0 saturated carbocycles. The summed E-state index contributed by atoms with van der Waals surface area (Å²) >= 11 is 1.76. The third-order valence-electron chi connectivity index (χ3n) is 3.26. The summed E-state index contributed by atoms with van der Waals surface area (Å²) in [6.45, 7) is 4.90. The number of amides is 1. The second-order valence-electron chi connectivity index (χ2n) is 4.76. The lowest BCUT2D eigenvalue weighted by Gasteiger charge is -2.22. The van der Waals surface area contributed by atoms with Gasteiger partial charge in [-0.15, -0.1) is 11.3 Å². The van der Waals surface area contributed by atoms with E-state index in [-0.39, 0.29) is 18.6 Å². The second kappa shape index (κ2) is 7.62. The molecule has 1 fully saturated rings. The van der Waals surface area contributed by atoms with E-state index in [0.29, 0.717) is 6.54 Å². The maximum atomic E-state index is 11.7. The molecule has 1 saturated heterocycles.